The maximum atomic E-state index is 12.9. The molecule has 1 aliphatic rings. The van der Waals surface area contributed by atoms with E-state index in [4.69, 9.17) is 0 Å². The monoisotopic (exact) mass is 278 g/mol. The van der Waals surface area contributed by atoms with Crippen LogP contribution in [0.5, 0.6) is 0 Å². The molecule has 1 aromatic carbocycles. The lowest BCUT2D eigenvalue weighted by molar-refractivity contribution is -0.118. The van der Waals surface area contributed by atoms with Gasteiger partial charge in [0.05, 0.1) is 0 Å². The van der Waals surface area contributed by atoms with E-state index in [1.807, 2.05) is 19.1 Å². The third-order valence-electron chi connectivity index (χ3n) is 3.89. The topological polar surface area (TPSA) is 23.6 Å². The zero-order valence-electron chi connectivity index (χ0n) is 12.1. The molecule has 0 saturated carbocycles. The van der Waals surface area contributed by atoms with E-state index in [0.717, 1.165) is 44.8 Å². The molecule has 4 heteroatoms. The number of benzene rings is 1. The summed E-state index contributed by atoms with van der Waals surface area (Å²) in [5.74, 6) is 0.169. The van der Waals surface area contributed by atoms with Crippen molar-refractivity contribution in [3.8, 4) is 0 Å². The summed E-state index contributed by atoms with van der Waals surface area (Å²) in [6.07, 6.45) is 2.32. The zero-order chi connectivity index (χ0) is 14.4. The number of hydrogen-bond acceptors (Lipinski definition) is 3. The molecule has 1 aliphatic heterocycles. The van der Waals surface area contributed by atoms with Gasteiger partial charge in [0, 0.05) is 44.7 Å². The van der Waals surface area contributed by atoms with Gasteiger partial charge >= 0.3 is 0 Å². The summed E-state index contributed by atoms with van der Waals surface area (Å²) in [6, 6.07) is 6.70. The first-order chi connectivity index (χ1) is 9.69. The number of halogens is 1. The smallest absolute Gasteiger partial charge is 0.132 e. The number of carbonyl (C=O) groups excluding carboxylic acids is 1. The summed E-state index contributed by atoms with van der Waals surface area (Å²) in [7, 11) is 0. The summed E-state index contributed by atoms with van der Waals surface area (Å²) in [6.45, 7) is 6.88. The van der Waals surface area contributed by atoms with Crippen molar-refractivity contribution in [1.29, 1.82) is 0 Å². The second-order valence-corrected chi connectivity index (χ2v) is 5.30. The molecular formula is C16H23FN2O. The maximum Gasteiger partial charge on any atom is 0.132 e. The van der Waals surface area contributed by atoms with Crippen LogP contribution in [0, 0.1) is 5.82 Å². The fourth-order valence-electron chi connectivity index (χ4n) is 2.56. The predicted molar refractivity (Wildman–Crippen MR) is 79.6 cm³/mol. The van der Waals surface area contributed by atoms with Crippen LogP contribution in [0.25, 0.3) is 0 Å². The summed E-state index contributed by atoms with van der Waals surface area (Å²) >= 11 is 0. The number of rotatable bonds is 6. The minimum Gasteiger partial charge on any atom is -0.369 e. The van der Waals surface area contributed by atoms with Crippen molar-refractivity contribution in [2.75, 3.05) is 37.6 Å². The highest BCUT2D eigenvalue weighted by Gasteiger charge is 2.16. The van der Waals surface area contributed by atoms with Gasteiger partial charge in [-0.25, -0.2) is 4.39 Å². The fraction of sp³-hybridized carbons (Fsp3) is 0.562. The van der Waals surface area contributed by atoms with Gasteiger partial charge in [0.1, 0.15) is 11.6 Å². The average Bonchev–Trinajstić information content (AvgIpc) is 2.48. The number of piperazine rings is 1. The fourth-order valence-corrected chi connectivity index (χ4v) is 2.56. The Kier molecular flexibility index (Phi) is 5.53. The number of nitrogens with zero attached hydrogens (tertiary/aromatic N) is 2. The van der Waals surface area contributed by atoms with Crippen LogP contribution in [0.2, 0.25) is 0 Å². The minimum atomic E-state index is -0.187. The lowest BCUT2D eigenvalue weighted by atomic mass is 10.1. The quantitative estimate of drug-likeness (QED) is 0.799. The SMILES string of the molecule is CCC(=O)CCCN1CCN(c2ccc(F)cc2)CC1. The van der Waals surface area contributed by atoms with E-state index in [1.54, 1.807) is 0 Å². The van der Waals surface area contributed by atoms with Crippen LogP contribution in [0.4, 0.5) is 10.1 Å². The molecule has 0 atom stereocenters. The van der Waals surface area contributed by atoms with Gasteiger partial charge in [-0.2, -0.15) is 0 Å². The van der Waals surface area contributed by atoms with Crippen molar-refractivity contribution < 1.29 is 9.18 Å². The van der Waals surface area contributed by atoms with Crippen LogP contribution in [0.15, 0.2) is 24.3 Å². The van der Waals surface area contributed by atoms with E-state index in [1.165, 1.54) is 12.1 Å². The van der Waals surface area contributed by atoms with Crippen LogP contribution >= 0.6 is 0 Å². The van der Waals surface area contributed by atoms with E-state index in [0.29, 0.717) is 18.6 Å². The van der Waals surface area contributed by atoms with Gasteiger partial charge in [-0.1, -0.05) is 6.92 Å². The lowest BCUT2D eigenvalue weighted by Gasteiger charge is -2.36. The molecule has 3 nitrogen and oxygen atoms in total. The molecule has 0 N–H and O–H groups in total. The third kappa shape index (κ3) is 4.30. The van der Waals surface area contributed by atoms with Crippen LogP contribution in [0.1, 0.15) is 26.2 Å². The minimum absolute atomic E-state index is 0.187. The van der Waals surface area contributed by atoms with Gasteiger partial charge in [0.15, 0.2) is 0 Å². The molecule has 0 spiro atoms. The number of Topliss-reactive ketones (excluding diaryl/α,β-unsaturated/α-hetero) is 1. The van der Waals surface area contributed by atoms with Crippen molar-refractivity contribution in [3.63, 3.8) is 0 Å². The van der Waals surface area contributed by atoms with E-state index in [9.17, 15) is 9.18 Å². The molecule has 2 rings (SSSR count). The van der Waals surface area contributed by atoms with Gasteiger partial charge in [-0.3, -0.25) is 9.69 Å². The molecule has 0 unspecified atom stereocenters. The van der Waals surface area contributed by atoms with Gasteiger partial charge in [-0.15, -0.1) is 0 Å². The highest BCUT2D eigenvalue weighted by molar-refractivity contribution is 5.77. The molecule has 20 heavy (non-hydrogen) atoms. The molecule has 0 bridgehead atoms. The van der Waals surface area contributed by atoms with Crippen molar-refractivity contribution in [2.24, 2.45) is 0 Å². The Labute approximate surface area is 120 Å². The summed E-state index contributed by atoms with van der Waals surface area (Å²) in [5, 5.41) is 0. The Morgan fingerprint density at radius 2 is 1.80 bits per heavy atom. The first-order valence-corrected chi connectivity index (χ1v) is 7.43. The molecule has 0 aliphatic carbocycles. The van der Waals surface area contributed by atoms with Crippen molar-refractivity contribution in [1.82, 2.24) is 4.90 Å². The first-order valence-electron chi connectivity index (χ1n) is 7.43. The average molecular weight is 278 g/mol. The largest absolute Gasteiger partial charge is 0.369 e. The van der Waals surface area contributed by atoms with Crippen LogP contribution < -0.4 is 4.90 Å². The van der Waals surface area contributed by atoms with E-state index in [-0.39, 0.29) is 5.82 Å². The highest BCUT2D eigenvalue weighted by atomic mass is 19.1. The van der Waals surface area contributed by atoms with E-state index < -0.39 is 0 Å². The van der Waals surface area contributed by atoms with Gasteiger partial charge < -0.3 is 4.90 Å². The van der Waals surface area contributed by atoms with Crippen molar-refractivity contribution in [3.05, 3.63) is 30.1 Å². The van der Waals surface area contributed by atoms with Gasteiger partial charge in [-0.05, 0) is 37.2 Å². The van der Waals surface area contributed by atoms with E-state index in [2.05, 4.69) is 9.80 Å². The number of carbonyl (C=O) groups is 1. The van der Waals surface area contributed by atoms with Gasteiger partial charge in [0.25, 0.3) is 0 Å². The summed E-state index contributed by atoms with van der Waals surface area (Å²) in [4.78, 5) is 16.0. The maximum absolute atomic E-state index is 12.9. The van der Waals surface area contributed by atoms with Crippen LogP contribution in [0.3, 0.4) is 0 Å². The van der Waals surface area contributed by atoms with Crippen molar-refractivity contribution in [2.45, 2.75) is 26.2 Å². The molecule has 1 heterocycles. The Morgan fingerprint density at radius 3 is 2.40 bits per heavy atom. The molecular weight excluding hydrogens is 255 g/mol. The molecule has 0 aromatic heterocycles. The van der Waals surface area contributed by atoms with Crippen molar-refractivity contribution >= 4 is 11.5 Å². The number of anilines is 1. The lowest BCUT2D eigenvalue weighted by Crippen LogP contribution is -2.46. The normalized spacial score (nSPS) is 16.4. The summed E-state index contributed by atoms with van der Waals surface area (Å²) in [5.41, 5.74) is 1.09. The third-order valence-corrected chi connectivity index (χ3v) is 3.89. The second-order valence-electron chi connectivity index (χ2n) is 5.30. The number of ketones is 1. The Hall–Kier alpha value is -1.42. The number of hydrogen-bond donors (Lipinski definition) is 0. The summed E-state index contributed by atoms with van der Waals surface area (Å²) < 4.78 is 12.9. The molecule has 0 radical (unpaired) electrons. The molecule has 0 amide bonds. The molecule has 110 valence electrons. The zero-order valence-corrected chi connectivity index (χ0v) is 12.1. The van der Waals surface area contributed by atoms with Crippen LogP contribution in [-0.4, -0.2) is 43.4 Å². The molecule has 1 fully saturated rings. The second kappa shape index (κ2) is 7.39. The highest BCUT2D eigenvalue weighted by Crippen LogP contribution is 2.17. The Balaban J connectivity index is 1.72. The first kappa shape index (κ1) is 15.0. The Morgan fingerprint density at radius 1 is 1.15 bits per heavy atom. The standard InChI is InChI=1S/C16H23FN2O/c1-2-16(20)4-3-9-18-10-12-19(13-11-18)15-7-5-14(17)6-8-15/h5-8H,2-4,9-13H2,1H3. The predicted octanol–water partition coefficient (Wildman–Crippen LogP) is 2.71. The molecule has 1 saturated heterocycles. The molecule has 1 aromatic rings. The Bertz CT molecular complexity index is 425. The van der Waals surface area contributed by atoms with E-state index >= 15 is 0 Å². The van der Waals surface area contributed by atoms with Gasteiger partial charge in [0.2, 0.25) is 0 Å². The van der Waals surface area contributed by atoms with Crippen LogP contribution in [-0.2, 0) is 4.79 Å².